The van der Waals surface area contributed by atoms with Gasteiger partial charge in [0.2, 0.25) is 15.9 Å². The van der Waals surface area contributed by atoms with Gasteiger partial charge in [-0.05, 0) is 49.6 Å². The van der Waals surface area contributed by atoms with E-state index in [1.165, 1.54) is 4.31 Å². The van der Waals surface area contributed by atoms with E-state index in [4.69, 9.17) is 4.42 Å². The lowest BCUT2D eigenvalue weighted by Crippen LogP contribution is -2.43. The minimum absolute atomic E-state index is 0.199. The number of amides is 1. The Morgan fingerprint density at radius 1 is 0.882 bits per heavy atom. The molecule has 182 valence electrons. The summed E-state index contributed by atoms with van der Waals surface area (Å²) in [6, 6.07) is 22.0. The number of rotatable bonds is 13. The first kappa shape index (κ1) is 25.7. The molecule has 0 aliphatic heterocycles. The third kappa shape index (κ3) is 7.30. The molecule has 0 unspecified atom stereocenters. The molecule has 0 saturated heterocycles. The summed E-state index contributed by atoms with van der Waals surface area (Å²) in [6.07, 6.45) is 3.25. The van der Waals surface area contributed by atoms with E-state index in [-0.39, 0.29) is 17.3 Å². The summed E-state index contributed by atoms with van der Waals surface area (Å²) >= 11 is 0. The Bertz CT molecular complexity index is 1130. The molecule has 0 aliphatic carbocycles. The fourth-order valence-corrected chi connectivity index (χ4v) is 5.22. The van der Waals surface area contributed by atoms with Crippen LogP contribution < -0.4 is 0 Å². The highest BCUT2D eigenvalue weighted by Crippen LogP contribution is 2.18. The van der Waals surface area contributed by atoms with Crippen LogP contribution in [0, 0.1) is 6.92 Å². The molecule has 6 nitrogen and oxygen atoms in total. The fourth-order valence-electron chi connectivity index (χ4n) is 3.77. The van der Waals surface area contributed by atoms with Crippen molar-refractivity contribution in [3.05, 3.63) is 89.9 Å². The zero-order valence-corrected chi connectivity index (χ0v) is 20.8. The van der Waals surface area contributed by atoms with E-state index in [0.717, 1.165) is 24.2 Å². The van der Waals surface area contributed by atoms with E-state index < -0.39 is 10.0 Å². The molecular weight excluding hydrogens is 448 g/mol. The highest BCUT2D eigenvalue weighted by Gasteiger charge is 2.28. The van der Waals surface area contributed by atoms with Crippen molar-refractivity contribution in [3.8, 4) is 0 Å². The summed E-state index contributed by atoms with van der Waals surface area (Å²) in [6.45, 7) is 4.81. The second kappa shape index (κ2) is 12.5. The van der Waals surface area contributed by atoms with Gasteiger partial charge in [0, 0.05) is 13.1 Å². The average Bonchev–Trinajstić information content (AvgIpc) is 3.26. The van der Waals surface area contributed by atoms with Crippen LogP contribution in [0.2, 0.25) is 0 Å². The summed E-state index contributed by atoms with van der Waals surface area (Å²) < 4.78 is 33.8. The van der Waals surface area contributed by atoms with E-state index in [0.29, 0.717) is 38.2 Å². The first-order valence-electron chi connectivity index (χ1n) is 11.8. The minimum Gasteiger partial charge on any atom is -0.464 e. The Morgan fingerprint density at radius 2 is 1.56 bits per heavy atom. The van der Waals surface area contributed by atoms with Crippen LogP contribution in [0.25, 0.3) is 0 Å². The number of hydrogen-bond acceptors (Lipinski definition) is 4. The van der Waals surface area contributed by atoms with Gasteiger partial charge >= 0.3 is 0 Å². The van der Waals surface area contributed by atoms with Crippen LogP contribution in [0.1, 0.15) is 43.3 Å². The van der Waals surface area contributed by atoms with Crippen molar-refractivity contribution in [1.82, 2.24) is 9.21 Å². The largest absolute Gasteiger partial charge is 0.464 e. The number of furan rings is 1. The molecule has 34 heavy (non-hydrogen) atoms. The van der Waals surface area contributed by atoms with Gasteiger partial charge in [-0.1, -0.05) is 68.3 Å². The van der Waals surface area contributed by atoms with Crippen LogP contribution in [0.3, 0.4) is 0 Å². The minimum atomic E-state index is -3.78. The molecule has 1 heterocycles. The van der Waals surface area contributed by atoms with Gasteiger partial charge in [-0.25, -0.2) is 8.42 Å². The van der Waals surface area contributed by atoms with Crippen molar-refractivity contribution >= 4 is 15.9 Å². The van der Waals surface area contributed by atoms with Gasteiger partial charge in [0.05, 0.1) is 18.0 Å². The predicted molar refractivity (Wildman–Crippen MR) is 134 cm³/mol. The molecule has 0 aliphatic rings. The molecular formula is C27H34N2O4S. The zero-order chi connectivity index (χ0) is 24.4. The quantitative estimate of drug-likeness (QED) is 0.320. The summed E-state index contributed by atoms with van der Waals surface area (Å²) in [5.41, 5.74) is 1.12. The molecule has 0 N–H and O–H groups in total. The third-order valence-corrected chi connectivity index (χ3v) is 7.57. The van der Waals surface area contributed by atoms with Crippen molar-refractivity contribution < 1.29 is 17.6 Å². The van der Waals surface area contributed by atoms with Gasteiger partial charge in [0.15, 0.2) is 0 Å². The number of benzene rings is 2. The average molecular weight is 483 g/mol. The Balaban J connectivity index is 1.80. The number of unbranched alkanes of at least 4 members (excludes halogenated alkanes) is 2. The maximum atomic E-state index is 13.5. The summed E-state index contributed by atoms with van der Waals surface area (Å²) in [5, 5.41) is 0. The van der Waals surface area contributed by atoms with Crippen LogP contribution >= 0.6 is 0 Å². The van der Waals surface area contributed by atoms with Gasteiger partial charge in [0.1, 0.15) is 11.5 Å². The summed E-state index contributed by atoms with van der Waals surface area (Å²) in [5.74, 6) is 1.22. The SMILES string of the molecule is CCCCCN(CC(=O)N(CCc1ccccc1)Cc1ccc(C)o1)S(=O)(=O)c1ccccc1. The number of nitrogens with zero attached hydrogens (tertiary/aromatic N) is 2. The fraction of sp³-hybridized carbons (Fsp3) is 0.370. The molecule has 0 bridgehead atoms. The first-order valence-corrected chi connectivity index (χ1v) is 13.3. The lowest BCUT2D eigenvalue weighted by Gasteiger charge is -2.27. The Labute approximate surface area is 203 Å². The van der Waals surface area contributed by atoms with E-state index in [2.05, 4.69) is 6.92 Å². The Kier molecular flexibility index (Phi) is 9.48. The van der Waals surface area contributed by atoms with Gasteiger partial charge in [-0.2, -0.15) is 4.31 Å². The maximum absolute atomic E-state index is 13.5. The molecule has 1 aromatic heterocycles. The number of hydrogen-bond donors (Lipinski definition) is 0. The van der Waals surface area contributed by atoms with Gasteiger partial charge in [-0.15, -0.1) is 0 Å². The summed E-state index contributed by atoms with van der Waals surface area (Å²) in [7, 11) is -3.78. The molecule has 7 heteroatoms. The third-order valence-electron chi connectivity index (χ3n) is 5.71. The van der Waals surface area contributed by atoms with Crippen molar-refractivity contribution in [2.45, 2.75) is 51.0 Å². The molecule has 2 aromatic carbocycles. The van der Waals surface area contributed by atoms with E-state index in [1.54, 1.807) is 35.2 Å². The van der Waals surface area contributed by atoms with E-state index in [1.807, 2.05) is 49.4 Å². The normalized spacial score (nSPS) is 11.6. The van der Waals surface area contributed by atoms with Gasteiger partial charge in [-0.3, -0.25) is 4.79 Å². The predicted octanol–water partition coefficient (Wildman–Crippen LogP) is 5.04. The topological polar surface area (TPSA) is 70.8 Å². The molecule has 0 radical (unpaired) electrons. The van der Waals surface area contributed by atoms with Crippen LogP contribution in [-0.4, -0.2) is 43.2 Å². The van der Waals surface area contributed by atoms with Crippen molar-refractivity contribution in [2.75, 3.05) is 19.6 Å². The zero-order valence-electron chi connectivity index (χ0n) is 20.0. The van der Waals surface area contributed by atoms with Gasteiger partial charge in [0.25, 0.3) is 0 Å². The van der Waals surface area contributed by atoms with E-state index >= 15 is 0 Å². The number of carbonyl (C=O) groups excluding carboxylic acids is 1. The lowest BCUT2D eigenvalue weighted by atomic mass is 10.1. The van der Waals surface area contributed by atoms with Crippen LogP contribution in [0.4, 0.5) is 0 Å². The molecule has 0 atom stereocenters. The maximum Gasteiger partial charge on any atom is 0.243 e. The van der Waals surface area contributed by atoms with Crippen molar-refractivity contribution in [2.24, 2.45) is 0 Å². The molecule has 0 spiro atoms. The van der Waals surface area contributed by atoms with Gasteiger partial charge < -0.3 is 9.32 Å². The monoisotopic (exact) mass is 482 g/mol. The smallest absolute Gasteiger partial charge is 0.243 e. The number of aryl methyl sites for hydroxylation is 1. The highest BCUT2D eigenvalue weighted by molar-refractivity contribution is 7.89. The molecule has 0 fully saturated rings. The molecule has 1 amide bonds. The second-order valence-electron chi connectivity index (χ2n) is 8.42. The van der Waals surface area contributed by atoms with Crippen LogP contribution in [-0.2, 0) is 27.8 Å². The molecule has 3 rings (SSSR count). The molecule has 0 saturated carbocycles. The first-order chi connectivity index (χ1) is 16.4. The lowest BCUT2D eigenvalue weighted by molar-refractivity contribution is -0.132. The van der Waals surface area contributed by atoms with Crippen molar-refractivity contribution in [3.63, 3.8) is 0 Å². The number of sulfonamides is 1. The second-order valence-corrected chi connectivity index (χ2v) is 10.4. The number of carbonyl (C=O) groups is 1. The standard InChI is InChI=1S/C27H34N2O4S/c1-3-4-11-19-29(34(31,32)26-14-9-6-10-15-26)22-27(30)28(21-25-17-16-23(2)33-25)20-18-24-12-7-5-8-13-24/h5-10,12-17H,3-4,11,18-22H2,1-2H3. The van der Waals surface area contributed by atoms with Crippen molar-refractivity contribution in [1.29, 1.82) is 0 Å². The Hall–Kier alpha value is -2.90. The van der Waals surface area contributed by atoms with Crippen LogP contribution in [0.5, 0.6) is 0 Å². The summed E-state index contributed by atoms with van der Waals surface area (Å²) in [4.78, 5) is 15.4. The highest BCUT2D eigenvalue weighted by atomic mass is 32.2. The molecule has 3 aromatic rings. The Morgan fingerprint density at radius 3 is 2.18 bits per heavy atom. The van der Waals surface area contributed by atoms with E-state index in [9.17, 15) is 13.2 Å². The van der Waals surface area contributed by atoms with Crippen LogP contribution in [0.15, 0.2) is 82.1 Å².